The molecule has 1 fully saturated rings. The first-order valence-electron chi connectivity index (χ1n) is 6.60. The molecule has 1 aliphatic rings. The molecule has 1 aliphatic heterocycles. The number of hydrogen-bond acceptors (Lipinski definition) is 3. The van der Waals surface area contributed by atoms with Gasteiger partial charge >= 0.3 is 0 Å². The van der Waals surface area contributed by atoms with Crippen molar-refractivity contribution in [1.29, 1.82) is 0 Å². The number of anilines is 1. The molecule has 4 heteroatoms. The second-order valence-corrected chi connectivity index (χ2v) is 5.36. The van der Waals surface area contributed by atoms with Gasteiger partial charge < -0.3 is 9.80 Å². The Bertz CT molecular complexity index is 386. The number of nitrogens with zero attached hydrogens (tertiary/aromatic N) is 3. The van der Waals surface area contributed by atoms with Crippen molar-refractivity contribution in [2.75, 3.05) is 32.1 Å². The Hall–Kier alpha value is -1.16. The van der Waals surface area contributed by atoms with E-state index in [-0.39, 0.29) is 5.82 Å². The summed E-state index contributed by atoms with van der Waals surface area (Å²) in [6, 6.07) is 2.36. The lowest BCUT2D eigenvalue weighted by Gasteiger charge is -2.38. The maximum atomic E-state index is 13.6. The Morgan fingerprint density at radius 3 is 2.61 bits per heavy atom. The summed E-state index contributed by atoms with van der Waals surface area (Å²) in [6.45, 7) is 4.14. The van der Waals surface area contributed by atoms with Crippen molar-refractivity contribution in [3.8, 4) is 0 Å². The standard InChI is InChI=1S/C14H22FN3/c1-11(17(2)3)12-5-8-18(9-6-12)14-4-7-16-10-13(14)15/h4,7,10-12H,5-6,8-9H2,1-3H3. The van der Waals surface area contributed by atoms with Gasteiger partial charge in [-0.15, -0.1) is 0 Å². The van der Waals surface area contributed by atoms with E-state index in [1.807, 2.05) is 0 Å². The van der Waals surface area contributed by atoms with E-state index in [1.54, 1.807) is 12.3 Å². The zero-order valence-electron chi connectivity index (χ0n) is 11.4. The first-order valence-corrected chi connectivity index (χ1v) is 6.60. The van der Waals surface area contributed by atoms with Crippen LogP contribution in [-0.2, 0) is 0 Å². The van der Waals surface area contributed by atoms with Crippen LogP contribution in [0.5, 0.6) is 0 Å². The van der Waals surface area contributed by atoms with Gasteiger partial charge in [-0.1, -0.05) is 0 Å². The molecule has 3 nitrogen and oxygen atoms in total. The van der Waals surface area contributed by atoms with Crippen LogP contribution < -0.4 is 4.90 Å². The second kappa shape index (κ2) is 5.65. The molecular formula is C14H22FN3. The third-order valence-corrected chi connectivity index (χ3v) is 4.13. The van der Waals surface area contributed by atoms with Crippen LogP contribution >= 0.6 is 0 Å². The highest BCUT2D eigenvalue weighted by Gasteiger charge is 2.25. The highest BCUT2D eigenvalue weighted by atomic mass is 19.1. The SMILES string of the molecule is CC(C1CCN(c2ccncc2F)CC1)N(C)C. The first kappa shape index (κ1) is 13.3. The van der Waals surface area contributed by atoms with E-state index in [9.17, 15) is 4.39 Å². The molecule has 100 valence electrons. The molecule has 0 spiro atoms. The minimum absolute atomic E-state index is 0.211. The Kier molecular flexibility index (Phi) is 4.17. The van der Waals surface area contributed by atoms with Crippen molar-refractivity contribution >= 4 is 5.69 Å². The molecule has 1 aromatic heterocycles. The average molecular weight is 251 g/mol. The Morgan fingerprint density at radius 1 is 1.39 bits per heavy atom. The molecule has 0 radical (unpaired) electrons. The number of rotatable bonds is 3. The summed E-state index contributed by atoms with van der Waals surface area (Å²) in [4.78, 5) is 8.20. The van der Waals surface area contributed by atoms with Crippen molar-refractivity contribution < 1.29 is 4.39 Å². The molecule has 0 amide bonds. The van der Waals surface area contributed by atoms with Crippen LogP contribution in [0.1, 0.15) is 19.8 Å². The Morgan fingerprint density at radius 2 is 2.06 bits per heavy atom. The lowest BCUT2D eigenvalue weighted by Crippen LogP contribution is -2.41. The summed E-state index contributed by atoms with van der Waals surface area (Å²) in [5, 5.41) is 0. The van der Waals surface area contributed by atoms with E-state index in [2.05, 4.69) is 35.8 Å². The number of aromatic nitrogens is 1. The third kappa shape index (κ3) is 2.80. The zero-order valence-corrected chi connectivity index (χ0v) is 11.4. The summed E-state index contributed by atoms with van der Waals surface area (Å²) >= 11 is 0. The zero-order chi connectivity index (χ0) is 13.1. The minimum atomic E-state index is -0.211. The monoisotopic (exact) mass is 251 g/mol. The van der Waals surface area contributed by atoms with Crippen LogP contribution in [0.2, 0.25) is 0 Å². The van der Waals surface area contributed by atoms with E-state index in [0.717, 1.165) is 25.9 Å². The lowest BCUT2D eigenvalue weighted by molar-refractivity contribution is 0.199. The molecule has 1 saturated heterocycles. The van der Waals surface area contributed by atoms with E-state index < -0.39 is 0 Å². The molecule has 0 saturated carbocycles. The predicted octanol–water partition coefficient (Wildman–Crippen LogP) is 2.39. The second-order valence-electron chi connectivity index (χ2n) is 5.36. The normalized spacial score (nSPS) is 19.3. The Labute approximate surface area is 109 Å². The number of piperidine rings is 1. The lowest BCUT2D eigenvalue weighted by atomic mass is 9.89. The van der Waals surface area contributed by atoms with Crippen LogP contribution in [0.15, 0.2) is 18.5 Å². The fourth-order valence-corrected chi connectivity index (χ4v) is 2.67. The van der Waals surface area contributed by atoms with Gasteiger partial charge in [0.1, 0.15) is 0 Å². The van der Waals surface area contributed by atoms with Gasteiger partial charge in [-0.2, -0.15) is 0 Å². The van der Waals surface area contributed by atoms with Gasteiger partial charge in [0.25, 0.3) is 0 Å². The molecule has 1 atom stereocenters. The van der Waals surface area contributed by atoms with Gasteiger partial charge in [-0.05, 0) is 45.8 Å². The van der Waals surface area contributed by atoms with Crippen LogP contribution in [0.25, 0.3) is 0 Å². The van der Waals surface area contributed by atoms with E-state index in [1.165, 1.54) is 6.20 Å². The summed E-state index contributed by atoms with van der Waals surface area (Å²) in [5.41, 5.74) is 0.695. The van der Waals surface area contributed by atoms with Crippen LogP contribution in [-0.4, -0.2) is 43.1 Å². The van der Waals surface area contributed by atoms with Gasteiger partial charge in [0.2, 0.25) is 0 Å². The van der Waals surface area contributed by atoms with Crippen LogP contribution in [0, 0.1) is 11.7 Å². The fourth-order valence-electron chi connectivity index (χ4n) is 2.67. The first-order chi connectivity index (χ1) is 8.59. The molecule has 1 unspecified atom stereocenters. The predicted molar refractivity (Wildman–Crippen MR) is 72.3 cm³/mol. The van der Waals surface area contributed by atoms with Crippen LogP contribution in [0.4, 0.5) is 10.1 Å². The van der Waals surface area contributed by atoms with E-state index in [4.69, 9.17) is 0 Å². The van der Waals surface area contributed by atoms with Gasteiger partial charge in [-0.25, -0.2) is 4.39 Å². The summed E-state index contributed by atoms with van der Waals surface area (Å²) in [6.07, 6.45) is 5.21. The number of hydrogen-bond donors (Lipinski definition) is 0. The molecule has 18 heavy (non-hydrogen) atoms. The topological polar surface area (TPSA) is 19.4 Å². The summed E-state index contributed by atoms with van der Waals surface area (Å²) < 4.78 is 13.6. The van der Waals surface area contributed by atoms with Crippen molar-refractivity contribution in [3.05, 3.63) is 24.3 Å². The molecule has 1 aromatic rings. The smallest absolute Gasteiger partial charge is 0.164 e. The van der Waals surface area contributed by atoms with Crippen molar-refractivity contribution in [1.82, 2.24) is 9.88 Å². The maximum absolute atomic E-state index is 13.6. The molecule has 0 aliphatic carbocycles. The van der Waals surface area contributed by atoms with Crippen molar-refractivity contribution in [2.24, 2.45) is 5.92 Å². The number of halogens is 1. The molecule has 0 aromatic carbocycles. The average Bonchev–Trinajstić information content (AvgIpc) is 2.38. The van der Waals surface area contributed by atoms with Gasteiger partial charge in [0.15, 0.2) is 5.82 Å². The maximum Gasteiger partial charge on any atom is 0.164 e. The molecule has 2 rings (SSSR count). The molecule has 0 N–H and O–H groups in total. The molecule has 2 heterocycles. The summed E-state index contributed by atoms with van der Waals surface area (Å²) in [5.74, 6) is 0.498. The van der Waals surface area contributed by atoms with Gasteiger partial charge in [-0.3, -0.25) is 4.98 Å². The number of pyridine rings is 1. The minimum Gasteiger partial charge on any atom is -0.369 e. The largest absolute Gasteiger partial charge is 0.369 e. The molecular weight excluding hydrogens is 229 g/mol. The van der Waals surface area contributed by atoms with E-state index >= 15 is 0 Å². The van der Waals surface area contributed by atoms with Crippen LogP contribution in [0.3, 0.4) is 0 Å². The van der Waals surface area contributed by atoms with Crippen molar-refractivity contribution in [2.45, 2.75) is 25.8 Å². The highest BCUT2D eigenvalue weighted by Crippen LogP contribution is 2.27. The van der Waals surface area contributed by atoms with E-state index in [0.29, 0.717) is 17.6 Å². The highest BCUT2D eigenvalue weighted by molar-refractivity contribution is 5.46. The van der Waals surface area contributed by atoms with Gasteiger partial charge in [0.05, 0.1) is 11.9 Å². The van der Waals surface area contributed by atoms with Gasteiger partial charge in [0, 0.05) is 25.3 Å². The van der Waals surface area contributed by atoms with Crippen molar-refractivity contribution in [3.63, 3.8) is 0 Å². The Balaban J connectivity index is 1.97. The summed E-state index contributed by atoms with van der Waals surface area (Å²) in [7, 11) is 4.25. The molecule has 0 bridgehead atoms. The fraction of sp³-hybridized carbons (Fsp3) is 0.643. The quantitative estimate of drug-likeness (QED) is 0.822. The third-order valence-electron chi connectivity index (χ3n) is 4.13.